The van der Waals surface area contributed by atoms with Crippen LogP contribution in [0.5, 0.6) is 11.5 Å². The number of fused-ring (bicyclic) bond motifs is 1. The minimum Gasteiger partial charge on any atom is -0.491 e. The van der Waals surface area contributed by atoms with Crippen molar-refractivity contribution in [3.05, 3.63) is 83.8 Å². The Hall–Kier alpha value is -7.12. The van der Waals surface area contributed by atoms with Gasteiger partial charge in [-0.1, -0.05) is 18.2 Å². The van der Waals surface area contributed by atoms with Crippen molar-refractivity contribution in [2.75, 3.05) is 32.2 Å². The Kier molecular flexibility index (Phi) is 16.8. The number of pyridine rings is 1. The van der Waals surface area contributed by atoms with Crippen LogP contribution in [0.4, 0.5) is 29.9 Å². The third-order valence-electron chi connectivity index (χ3n) is 9.33. The van der Waals surface area contributed by atoms with Gasteiger partial charge >= 0.3 is 18.2 Å². The first-order valence-electron chi connectivity index (χ1n) is 21.3. The first-order valence-corrected chi connectivity index (χ1v) is 21.3. The number of amides is 3. The minimum absolute atomic E-state index is 0.148. The van der Waals surface area contributed by atoms with Crippen molar-refractivity contribution in [1.29, 1.82) is 0 Å². The molecule has 2 atom stereocenters. The maximum absolute atomic E-state index is 15.6. The lowest BCUT2D eigenvalue weighted by Gasteiger charge is -2.24. The van der Waals surface area contributed by atoms with E-state index in [1.165, 1.54) is 24.9 Å². The highest BCUT2D eigenvalue weighted by Crippen LogP contribution is 2.32. The van der Waals surface area contributed by atoms with E-state index in [-0.39, 0.29) is 49.9 Å². The van der Waals surface area contributed by atoms with Gasteiger partial charge in [-0.3, -0.25) is 14.5 Å². The topological polar surface area (TPSA) is 219 Å². The van der Waals surface area contributed by atoms with Gasteiger partial charge in [-0.05, 0) is 92.9 Å². The number of rotatable bonds is 19. The Morgan fingerprint density at radius 1 is 0.864 bits per heavy atom. The van der Waals surface area contributed by atoms with Crippen molar-refractivity contribution in [3.8, 4) is 23.0 Å². The van der Waals surface area contributed by atoms with Gasteiger partial charge in [-0.15, -0.1) is 0 Å². The monoisotopic (exact) mass is 917 g/mol. The largest absolute Gasteiger partial charge is 0.491 e. The average Bonchev–Trinajstić information content (AvgIpc) is 3.60. The molecule has 354 valence electrons. The Balaban J connectivity index is 1.16. The fraction of sp³-hybridized carbons (Fsp3) is 0.435. The van der Waals surface area contributed by atoms with Gasteiger partial charge in [0.15, 0.2) is 17.4 Å². The first-order chi connectivity index (χ1) is 31.2. The molecule has 0 fully saturated rings. The number of methoxy groups -OCH3 is 1. The molecule has 66 heavy (non-hydrogen) atoms. The molecule has 0 saturated heterocycles. The first kappa shape index (κ1) is 49.9. The Morgan fingerprint density at radius 2 is 1.56 bits per heavy atom. The summed E-state index contributed by atoms with van der Waals surface area (Å²) in [5.41, 5.74) is 0.723. The van der Waals surface area contributed by atoms with Gasteiger partial charge in [0.25, 0.3) is 0 Å². The summed E-state index contributed by atoms with van der Waals surface area (Å²) >= 11 is 0. The van der Waals surface area contributed by atoms with Gasteiger partial charge in [0.05, 0.1) is 25.4 Å². The number of alkyl carbamates (subject to hydrolysis) is 2. The minimum atomic E-state index is -1.14. The van der Waals surface area contributed by atoms with E-state index < -0.39 is 59.0 Å². The molecule has 3 aromatic heterocycles. The molecule has 0 aliphatic carbocycles. The summed E-state index contributed by atoms with van der Waals surface area (Å²) < 4.78 is 59.4. The van der Waals surface area contributed by atoms with Crippen LogP contribution in [-0.2, 0) is 30.3 Å². The van der Waals surface area contributed by atoms with Gasteiger partial charge < -0.3 is 45.0 Å². The van der Waals surface area contributed by atoms with E-state index in [1.54, 1.807) is 65.9 Å². The van der Waals surface area contributed by atoms with Crippen LogP contribution in [0.2, 0.25) is 0 Å². The van der Waals surface area contributed by atoms with E-state index >= 15 is 8.78 Å². The lowest BCUT2D eigenvalue weighted by molar-refractivity contribution is -0.148. The van der Waals surface area contributed by atoms with Gasteiger partial charge in [0.2, 0.25) is 5.91 Å². The predicted molar refractivity (Wildman–Crippen MR) is 240 cm³/mol. The van der Waals surface area contributed by atoms with Gasteiger partial charge in [0, 0.05) is 47.2 Å². The van der Waals surface area contributed by atoms with Gasteiger partial charge in [-0.25, -0.2) is 33.1 Å². The van der Waals surface area contributed by atoms with Crippen LogP contribution in [0, 0.1) is 18.6 Å². The third kappa shape index (κ3) is 14.7. The van der Waals surface area contributed by atoms with Crippen LogP contribution in [-0.4, -0.2) is 98.9 Å². The zero-order valence-corrected chi connectivity index (χ0v) is 38.5. The van der Waals surface area contributed by atoms with Crippen molar-refractivity contribution >= 4 is 46.5 Å². The average molecular weight is 918 g/mol. The molecule has 20 heteroatoms. The Labute approximate surface area is 381 Å². The molecule has 0 unspecified atom stereocenters. The molecule has 3 heterocycles. The number of anilines is 2. The van der Waals surface area contributed by atoms with E-state index in [1.807, 2.05) is 25.1 Å². The van der Waals surface area contributed by atoms with Gasteiger partial charge in [0.1, 0.15) is 59.6 Å². The highest BCUT2D eigenvalue weighted by molar-refractivity contribution is 5.92. The van der Waals surface area contributed by atoms with Crippen molar-refractivity contribution in [1.82, 2.24) is 40.7 Å². The second kappa shape index (κ2) is 22.2. The molecule has 5 aromatic rings. The molecule has 3 amide bonds. The van der Waals surface area contributed by atoms with Crippen molar-refractivity contribution < 1.29 is 51.6 Å². The standard InChI is InChI=1S/C46H57F2N9O9/c1-27-22-29(17-19-49-27)53-39-37(62-9)25-51-40(55-39)38-31-14-10-11-16-36(31)57(56-38)26-32-33(47)23-30(24-34(32)48)63-20-21-64-42(59)28(2)52-41(58)35(54-44(61)66-46(6,7)8)15-12-13-18-50-43(60)65-45(3,4)5/h10-11,14,16-17,19,22-25,28,35H,12-13,15,18,20-21,26H2,1-9H3,(H,50,60)(H,52,58)(H,54,61)(H,49,51,53,55)/t28-,35-/m0/s1. The number of nitrogens with one attached hydrogen (secondary N) is 4. The molecule has 0 bridgehead atoms. The molecular weight excluding hydrogens is 861 g/mol. The number of unbranched alkanes of at least 4 members (excludes halogenated alkanes) is 1. The summed E-state index contributed by atoms with van der Waals surface area (Å²) in [5.74, 6) is -2.41. The second-order valence-electron chi connectivity index (χ2n) is 17.2. The number of aryl methyl sites for hydroxylation is 1. The van der Waals surface area contributed by atoms with E-state index in [2.05, 4.69) is 41.3 Å². The van der Waals surface area contributed by atoms with Crippen molar-refractivity contribution in [2.45, 2.75) is 104 Å². The number of halogens is 2. The number of benzene rings is 2. The zero-order chi connectivity index (χ0) is 48.2. The molecule has 4 N–H and O–H groups in total. The molecule has 0 saturated carbocycles. The number of ether oxygens (including phenoxy) is 5. The molecule has 18 nitrogen and oxygen atoms in total. The predicted octanol–water partition coefficient (Wildman–Crippen LogP) is 7.29. The number of carbonyl (C=O) groups is 4. The highest BCUT2D eigenvalue weighted by Gasteiger charge is 2.28. The summed E-state index contributed by atoms with van der Waals surface area (Å²) in [6.07, 6.45) is 2.80. The van der Waals surface area contributed by atoms with Crippen LogP contribution in [0.15, 0.2) is 60.9 Å². The van der Waals surface area contributed by atoms with E-state index in [0.29, 0.717) is 41.0 Å². The molecular formula is C46H57F2N9O9. The second-order valence-corrected chi connectivity index (χ2v) is 17.2. The van der Waals surface area contributed by atoms with E-state index in [0.717, 1.165) is 23.5 Å². The smallest absolute Gasteiger partial charge is 0.408 e. The maximum Gasteiger partial charge on any atom is 0.408 e. The van der Waals surface area contributed by atoms with Crippen LogP contribution < -0.4 is 30.7 Å². The summed E-state index contributed by atoms with van der Waals surface area (Å²) in [4.78, 5) is 64.0. The number of carbonyl (C=O) groups excluding carboxylic acids is 4. The van der Waals surface area contributed by atoms with Crippen molar-refractivity contribution in [3.63, 3.8) is 0 Å². The number of esters is 1. The molecule has 0 aliphatic heterocycles. The third-order valence-corrected chi connectivity index (χ3v) is 9.33. The maximum atomic E-state index is 15.6. The molecule has 0 spiro atoms. The normalized spacial score (nSPS) is 12.4. The Bertz CT molecular complexity index is 2480. The highest BCUT2D eigenvalue weighted by atomic mass is 19.1. The number of hydrogen-bond acceptors (Lipinski definition) is 14. The molecule has 0 aliphatic rings. The summed E-state index contributed by atoms with van der Waals surface area (Å²) in [6, 6.07) is 10.6. The summed E-state index contributed by atoms with van der Waals surface area (Å²) in [6.45, 7) is 12.9. The van der Waals surface area contributed by atoms with Crippen LogP contribution >= 0.6 is 0 Å². The molecule has 0 radical (unpaired) electrons. The number of hydrogen-bond donors (Lipinski definition) is 4. The quantitative estimate of drug-likeness (QED) is 0.0363. The molecule has 5 rings (SSSR count). The lowest BCUT2D eigenvalue weighted by atomic mass is 10.1. The SMILES string of the molecule is COc1cnc(-c2nn(Cc3c(F)cc(OCCOC(=O)[C@H](C)NC(=O)[C@H](CCCCNC(=O)OC(C)(C)C)NC(=O)OC(C)(C)C)cc3F)c3ccccc23)nc1Nc1ccnc(C)c1. The van der Waals surface area contributed by atoms with Crippen molar-refractivity contribution in [2.24, 2.45) is 0 Å². The van der Waals surface area contributed by atoms with Crippen LogP contribution in [0.3, 0.4) is 0 Å². The Morgan fingerprint density at radius 3 is 2.24 bits per heavy atom. The fourth-order valence-electron chi connectivity index (χ4n) is 6.36. The van der Waals surface area contributed by atoms with Crippen LogP contribution in [0.25, 0.3) is 22.4 Å². The fourth-order valence-corrected chi connectivity index (χ4v) is 6.36. The van der Waals surface area contributed by atoms with E-state index in [4.69, 9.17) is 23.7 Å². The molecule has 2 aromatic carbocycles. The zero-order valence-electron chi connectivity index (χ0n) is 38.5. The number of nitrogens with zero attached hydrogens (tertiary/aromatic N) is 5. The number of para-hydroxylation sites is 1. The lowest BCUT2D eigenvalue weighted by Crippen LogP contribution is -2.52. The van der Waals surface area contributed by atoms with E-state index in [9.17, 15) is 19.2 Å². The van der Waals surface area contributed by atoms with Gasteiger partial charge in [-0.2, -0.15) is 5.10 Å². The summed E-state index contributed by atoms with van der Waals surface area (Å²) in [7, 11) is 1.50. The summed E-state index contributed by atoms with van der Waals surface area (Å²) in [5, 5.41) is 16.3. The van der Waals surface area contributed by atoms with Crippen LogP contribution in [0.1, 0.15) is 79.0 Å². The number of aromatic nitrogens is 5.